The van der Waals surface area contributed by atoms with Crippen molar-refractivity contribution in [2.24, 2.45) is 5.92 Å². The van der Waals surface area contributed by atoms with Crippen molar-refractivity contribution in [1.29, 1.82) is 0 Å². The number of phenols is 3. The molecule has 0 atom stereocenters. The molecule has 0 saturated heterocycles. The zero-order chi connectivity index (χ0) is 12.1. The lowest BCUT2D eigenvalue weighted by Crippen LogP contribution is -2.17. The summed E-state index contributed by atoms with van der Waals surface area (Å²) in [7, 11) is 0. The van der Waals surface area contributed by atoms with Crippen molar-refractivity contribution in [1.82, 2.24) is 5.48 Å². The summed E-state index contributed by atoms with van der Waals surface area (Å²) in [6.07, 6.45) is 0. The molecule has 1 aromatic rings. The van der Waals surface area contributed by atoms with E-state index in [9.17, 15) is 10.2 Å². The van der Waals surface area contributed by atoms with E-state index in [0.29, 0.717) is 18.1 Å². The highest BCUT2D eigenvalue weighted by Gasteiger charge is 2.10. The molecule has 5 heteroatoms. The molecule has 0 heterocycles. The van der Waals surface area contributed by atoms with Gasteiger partial charge in [0.15, 0.2) is 11.5 Å². The molecule has 0 bridgehead atoms. The van der Waals surface area contributed by atoms with E-state index in [-0.39, 0.29) is 18.0 Å². The van der Waals surface area contributed by atoms with Crippen LogP contribution in [0.1, 0.15) is 19.4 Å². The molecule has 0 aliphatic carbocycles. The summed E-state index contributed by atoms with van der Waals surface area (Å²) in [5, 5.41) is 27.9. The van der Waals surface area contributed by atoms with Crippen molar-refractivity contribution < 1.29 is 20.2 Å². The van der Waals surface area contributed by atoms with Gasteiger partial charge in [-0.05, 0) is 18.1 Å². The van der Waals surface area contributed by atoms with Crippen molar-refractivity contribution in [3.63, 3.8) is 0 Å². The Labute approximate surface area is 94.3 Å². The fraction of sp³-hybridized carbons (Fsp3) is 0.455. The van der Waals surface area contributed by atoms with E-state index in [0.717, 1.165) is 0 Å². The van der Waals surface area contributed by atoms with Crippen molar-refractivity contribution in [2.45, 2.75) is 20.4 Å². The second-order valence-electron chi connectivity index (χ2n) is 3.97. The SMILES string of the molecule is CC(C)CONCc1ccc(O)c(O)c1O. The molecule has 1 aromatic carbocycles. The van der Waals surface area contributed by atoms with Crippen LogP contribution >= 0.6 is 0 Å². The number of hydrogen-bond donors (Lipinski definition) is 4. The van der Waals surface area contributed by atoms with E-state index in [2.05, 4.69) is 5.48 Å². The Morgan fingerprint density at radius 2 is 1.88 bits per heavy atom. The number of hydrogen-bond acceptors (Lipinski definition) is 5. The molecule has 0 fully saturated rings. The minimum Gasteiger partial charge on any atom is -0.504 e. The lowest BCUT2D eigenvalue weighted by Gasteiger charge is -2.10. The molecule has 0 saturated carbocycles. The summed E-state index contributed by atoms with van der Waals surface area (Å²) in [6, 6.07) is 2.82. The highest BCUT2D eigenvalue weighted by atomic mass is 16.6. The molecule has 0 unspecified atom stereocenters. The molecule has 0 spiro atoms. The zero-order valence-electron chi connectivity index (χ0n) is 9.40. The molecule has 5 nitrogen and oxygen atoms in total. The lowest BCUT2D eigenvalue weighted by molar-refractivity contribution is 0.0193. The van der Waals surface area contributed by atoms with Crippen molar-refractivity contribution >= 4 is 0 Å². The molecule has 1 rings (SSSR count). The highest BCUT2D eigenvalue weighted by Crippen LogP contribution is 2.36. The van der Waals surface area contributed by atoms with Crippen LogP contribution in [0.5, 0.6) is 17.2 Å². The van der Waals surface area contributed by atoms with E-state index in [4.69, 9.17) is 9.94 Å². The van der Waals surface area contributed by atoms with Gasteiger partial charge in [0.1, 0.15) is 0 Å². The van der Waals surface area contributed by atoms with Gasteiger partial charge in [-0.15, -0.1) is 0 Å². The average Bonchev–Trinajstić information content (AvgIpc) is 2.23. The maximum Gasteiger partial charge on any atom is 0.200 e. The third-order valence-corrected chi connectivity index (χ3v) is 1.99. The zero-order valence-corrected chi connectivity index (χ0v) is 9.40. The first kappa shape index (κ1) is 12.6. The second kappa shape index (κ2) is 5.58. The normalized spacial score (nSPS) is 10.9. The van der Waals surface area contributed by atoms with Crippen LogP contribution in [0.4, 0.5) is 0 Å². The Hall–Kier alpha value is -1.46. The van der Waals surface area contributed by atoms with E-state index >= 15 is 0 Å². The molecule has 0 aliphatic heterocycles. The van der Waals surface area contributed by atoms with Gasteiger partial charge in [0, 0.05) is 12.1 Å². The van der Waals surface area contributed by atoms with E-state index in [1.165, 1.54) is 12.1 Å². The summed E-state index contributed by atoms with van der Waals surface area (Å²) in [5.74, 6) is -0.775. The van der Waals surface area contributed by atoms with Gasteiger partial charge in [0.2, 0.25) is 5.75 Å². The molecule has 0 amide bonds. The van der Waals surface area contributed by atoms with Gasteiger partial charge in [0.05, 0.1) is 6.61 Å². The monoisotopic (exact) mass is 227 g/mol. The van der Waals surface area contributed by atoms with Crippen LogP contribution in [0, 0.1) is 5.92 Å². The topological polar surface area (TPSA) is 82.0 Å². The first-order valence-electron chi connectivity index (χ1n) is 5.09. The molecule has 4 N–H and O–H groups in total. The standard InChI is InChI=1S/C11H17NO4/c1-7(2)6-16-12-5-8-3-4-9(13)11(15)10(8)14/h3-4,7,12-15H,5-6H2,1-2H3. The van der Waals surface area contributed by atoms with Gasteiger partial charge in [-0.25, -0.2) is 0 Å². The first-order chi connectivity index (χ1) is 7.52. The molecular weight excluding hydrogens is 210 g/mol. The number of hydroxylamine groups is 1. The minimum absolute atomic E-state index is 0.256. The number of aromatic hydroxyl groups is 3. The summed E-state index contributed by atoms with van der Waals surface area (Å²) in [5.41, 5.74) is 3.13. The number of benzene rings is 1. The summed E-state index contributed by atoms with van der Waals surface area (Å²) >= 11 is 0. The number of phenolic OH excluding ortho intramolecular Hbond substituents is 3. The smallest absolute Gasteiger partial charge is 0.200 e. The van der Waals surface area contributed by atoms with Crippen LogP contribution in [-0.2, 0) is 11.4 Å². The summed E-state index contributed by atoms with van der Waals surface area (Å²) < 4.78 is 0. The fourth-order valence-electron chi connectivity index (χ4n) is 1.11. The molecule has 16 heavy (non-hydrogen) atoms. The molecule has 0 radical (unpaired) electrons. The quantitative estimate of drug-likeness (QED) is 0.348. The maximum atomic E-state index is 9.48. The van der Waals surface area contributed by atoms with Gasteiger partial charge >= 0.3 is 0 Å². The third kappa shape index (κ3) is 3.29. The third-order valence-electron chi connectivity index (χ3n) is 1.99. The van der Waals surface area contributed by atoms with Crippen molar-refractivity contribution in [3.8, 4) is 17.2 Å². The summed E-state index contributed by atoms with van der Waals surface area (Å²) in [4.78, 5) is 5.12. The van der Waals surface area contributed by atoms with Gasteiger partial charge in [-0.2, -0.15) is 5.48 Å². The Morgan fingerprint density at radius 3 is 2.50 bits per heavy atom. The van der Waals surface area contributed by atoms with E-state index in [1.807, 2.05) is 13.8 Å². The predicted molar refractivity (Wildman–Crippen MR) is 59.1 cm³/mol. The Morgan fingerprint density at radius 1 is 1.19 bits per heavy atom. The van der Waals surface area contributed by atoms with Crippen LogP contribution in [0.25, 0.3) is 0 Å². The van der Waals surface area contributed by atoms with Crippen LogP contribution < -0.4 is 5.48 Å². The number of rotatable bonds is 5. The Kier molecular flexibility index (Phi) is 4.39. The highest BCUT2D eigenvalue weighted by molar-refractivity contribution is 5.52. The second-order valence-corrected chi connectivity index (χ2v) is 3.97. The molecule has 0 aliphatic rings. The molecule has 90 valence electrons. The maximum absolute atomic E-state index is 9.48. The van der Waals surface area contributed by atoms with Gasteiger partial charge in [0.25, 0.3) is 0 Å². The fourth-order valence-corrected chi connectivity index (χ4v) is 1.11. The van der Waals surface area contributed by atoms with Gasteiger partial charge < -0.3 is 20.2 Å². The number of nitrogens with one attached hydrogen (secondary N) is 1. The van der Waals surface area contributed by atoms with E-state index < -0.39 is 5.75 Å². The van der Waals surface area contributed by atoms with Crippen molar-refractivity contribution in [3.05, 3.63) is 17.7 Å². The largest absolute Gasteiger partial charge is 0.504 e. The lowest BCUT2D eigenvalue weighted by atomic mass is 10.2. The molecular formula is C11H17NO4. The van der Waals surface area contributed by atoms with Crippen LogP contribution in [0.2, 0.25) is 0 Å². The first-order valence-corrected chi connectivity index (χ1v) is 5.09. The predicted octanol–water partition coefficient (Wildman–Crippen LogP) is 1.48. The Balaban J connectivity index is 2.52. The summed E-state index contributed by atoms with van der Waals surface area (Å²) in [6.45, 7) is 4.86. The Bertz CT molecular complexity index is 352. The van der Waals surface area contributed by atoms with Crippen molar-refractivity contribution in [2.75, 3.05) is 6.61 Å². The van der Waals surface area contributed by atoms with Crippen LogP contribution in [0.15, 0.2) is 12.1 Å². The van der Waals surface area contributed by atoms with E-state index in [1.54, 1.807) is 0 Å². The minimum atomic E-state index is -0.511. The van der Waals surface area contributed by atoms with Gasteiger partial charge in [-0.3, -0.25) is 0 Å². The molecule has 0 aromatic heterocycles. The average molecular weight is 227 g/mol. The van der Waals surface area contributed by atoms with Gasteiger partial charge in [-0.1, -0.05) is 13.8 Å². The van der Waals surface area contributed by atoms with Crippen LogP contribution in [-0.4, -0.2) is 21.9 Å². The van der Waals surface area contributed by atoms with Crippen LogP contribution in [0.3, 0.4) is 0 Å².